The fourth-order valence-electron chi connectivity index (χ4n) is 1.78. The van der Waals surface area contributed by atoms with E-state index in [2.05, 4.69) is 6.92 Å². The number of rotatable bonds is 6. The largest absolute Gasteiger partial charge is 0.396 e. The number of thiophene rings is 1. The minimum Gasteiger partial charge on any atom is -0.396 e. The van der Waals surface area contributed by atoms with Gasteiger partial charge < -0.3 is 10.6 Å². The summed E-state index contributed by atoms with van der Waals surface area (Å²) in [4.78, 5) is 13.8. The summed E-state index contributed by atoms with van der Waals surface area (Å²) in [5.41, 5.74) is 5.92. The van der Waals surface area contributed by atoms with E-state index in [4.69, 9.17) is 5.73 Å². The Hall–Kier alpha value is -1.08. The second-order valence-corrected chi connectivity index (χ2v) is 7.53. The Balaban J connectivity index is 3.38. The van der Waals surface area contributed by atoms with Gasteiger partial charge >= 0.3 is 0 Å². The van der Waals surface area contributed by atoms with E-state index in [0.29, 0.717) is 9.88 Å². The fourth-order valence-corrected chi connectivity index (χ4v) is 4.40. The topological polar surface area (TPSA) is 80.5 Å². The maximum Gasteiger partial charge on any atom is 0.180 e. The zero-order valence-corrected chi connectivity index (χ0v) is 13.3. The van der Waals surface area contributed by atoms with Gasteiger partial charge in [-0.15, -0.1) is 11.3 Å². The van der Waals surface area contributed by atoms with Crippen LogP contribution in [-0.2, 0) is 9.84 Å². The molecule has 0 spiro atoms. The van der Waals surface area contributed by atoms with Crippen molar-refractivity contribution in [3.05, 3.63) is 4.88 Å². The molecule has 0 atom stereocenters. The van der Waals surface area contributed by atoms with Crippen LogP contribution >= 0.6 is 11.3 Å². The van der Waals surface area contributed by atoms with E-state index in [0.717, 1.165) is 37.0 Å². The van der Waals surface area contributed by atoms with Crippen LogP contribution in [0.15, 0.2) is 4.90 Å². The van der Waals surface area contributed by atoms with Crippen molar-refractivity contribution < 1.29 is 13.2 Å². The molecule has 0 unspecified atom stereocenters. The SMILES string of the molecule is CCCCN(C)c1sc(C(C)=O)c(N)c1S(C)(=O)=O. The summed E-state index contributed by atoms with van der Waals surface area (Å²) in [5.74, 6) is -0.206. The first-order valence-electron chi connectivity index (χ1n) is 6.04. The van der Waals surface area contributed by atoms with Crippen LogP contribution in [0.5, 0.6) is 0 Å². The lowest BCUT2D eigenvalue weighted by atomic mass is 10.3. The first-order valence-corrected chi connectivity index (χ1v) is 8.75. The van der Waals surface area contributed by atoms with Crippen molar-refractivity contribution in [1.82, 2.24) is 0 Å². The highest BCUT2D eigenvalue weighted by Crippen LogP contribution is 2.41. The summed E-state index contributed by atoms with van der Waals surface area (Å²) in [6, 6.07) is 0. The molecule has 0 aliphatic heterocycles. The summed E-state index contributed by atoms with van der Waals surface area (Å²) < 4.78 is 23.8. The monoisotopic (exact) mass is 304 g/mol. The summed E-state index contributed by atoms with van der Waals surface area (Å²) in [6.45, 7) is 4.19. The van der Waals surface area contributed by atoms with Crippen LogP contribution in [0, 0.1) is 0 Å². The molecule has 0 bridgehead atoms. The Morgan fingerprint density at radius 1 is 1.42 bits per heavy atom. The molecule has 19 heavy (non-hydrogen) atoms. The summed E-state index contributed by atoms with van der Waals surface area (Å²) in [6.07, 6.45) is 3.08. The highest BCUT2D eigenvalue weighted by Gasteiger charge is 2.27. The van der Waals surface area contributed by atoms with E-state index in [9.17, 15) is 13.2 Å². The number of nitrogen functional groups attached to an aromatic ring is 1. The highest BCUT2D eigenvalue weighted by atomic mass is 32.2. The van der Waals surface area contributed by atoms with Crippen LogP contribution in [0.4, 0.5) is 10.7 Å². The van der Waals surface area contributed by atoms with Crippen molar-refractivity contribution in [2.24, 2.45) is 0 Å². The molecule has 0 aliphatic rings. The Labute approximate surface area is 118 Å². The number of sulfone groups is 1. The number of Topliss-reactive ketones (excluding diaryl/α,β-unsaturated/α-hetero) is 1. The third kappa shape index (κ3) is 3.48. The normalized spacial score (nSPS) is 11.6. The van der Waals surface area contributed by atoms with Crippen LogP contribution in [0.2, 0.25) is 0 Å². The van der Waals surface area contributed by atoms with Gasteiger partial charge in [-0.1, -0.05) is 13.3 Å². The Morgan fingerprint density at radius 2 is 2.00 bits per heavy atom. The van der Waals surface area contributed by atoms with Gasteiger partial charge in [-0.3, -0.25) is 4.79 Å². The third-order valence-electron chi connectivity index (χ3n) is 2.77. The molecule has 0 saturated carbocycles. The zero-order chi connectivity index (χ0) is 14.8. The van der Waals surface area contributed by atoms with Gasteiger partial charge in [0.15, 0.2) is 15.6 Å². The van der Waals surface area contributed by atoms with Crippen LogP contribution in [0.1, 0.15) is 36.4 Å². The summed E-state index contributed by atoms with van der Waals surface area (Å²) in [7, 11) is -1.64. The van der Waals surface area contributed by atoms with Crippen LogP contribution < -0.4 is 10.6 Å². The second kappa shape index (κ2) is 5.92. The standard InChI is InChI=1S/C12H20N2O3S2/c1-5-6-7-14(3)12-11(19(4,16)17)9(13)10(18-12)8(2)15/h5-7,13H2,1-4H3. The number of nitrogens with zero attached hydrogens (tertiary/aromatic N) is 1. The van der Waals surface area contributed by atoms with Crippen molar-refractivity contribution in [3.63, 3.8) is 0 Å². The average molecular weight is 304 g/mol. The van der Waals surface area contributed by atoms with E-state index in [1.54, 1.807) is 0 Å². The van der Waals surface area contributed by atoms with Gasteiger partial charge in [0.05, 0.1) is 10.6 Å². The first-order chi connectivity index (χ1) is 8.70. The molecule has 5 nitrogen and oxygen atoms in total. The van der Waals surface area contributed by atoms with E-state index in [1.165, 1.54) is 6.92 Å². The predicted molar refractivity (Wildman–Crippen MR) is 80.0 cm³/mol. The van der Waals surface area contributed by atoms with Crippen molar-refractivity contribution in [2.75, 3.05) is 30.5 Å². The zero-order valence-electron chi connectivity index (χ0n) is 11.7. The minimum atomic E-state index is -3.46. The second-order valence-electron chi connectivity index (χ2n) is 4.58. The van der Waals surface area contributed by atoms with Crippen molar-refractivity contribution in [3.8, 4) is 0 Å². The molecule has 0 saturated heterocycles. The Morgan fingerprint density at radius 3 is 2.42 bits per heavy atom. The first kappa shape index (κ1) is 16.0. The van der Waals surface area contributed by atoms with Crippen molar-refractivity contribution in [2.45, 2.75) is 31.6 Å². The predicted octanol–water partition coefficient (Wildman–Crippen LogP) is 2.17. The van der Waals surface area contributed by atoms with Crippen LogP contribution in [0.25, 0.3) is 0 Å². The van der Waals surface area contributed by atoms with Gasteiger partial charge in [0.1, 0.15) is 9.90 Å². The molecular weight excluding hydrogens is 284 g/mol. The average Bonchev–Trinajstić information content (AvgIpc) is 2.63. The van der Waals surface area contributed by atoms with Gasteiger partial charge in [0, 0.05) is 26.8 Å². The van der Waals surface area contributed by atoms with Gasteiger partial charge in [-0.2, -0.15) is 0 Å². The molecule has 1 aromatic rings. The molecule has 2 N–H and O–H groups in total. The van der Waals surface area contributed by atoms with Gasteiger partial charge in [-0.25, -0.2) is 8.42 Å². The molecule has 108 valence electrons. The Bertz CT molecular complexity index is 576. The molecule has 0 aliphatic carbocycles. The Kier molecular flexibility index (Phi) is 4.98. The van der Waals surface area contributed by atoms with Crippen LogP contribution in [-0.4, -0.2) is 34.0 Å². The van der Waals surface area contributed by atoms with E-state index >= 15 is 0 Å². The van der Waals surface area contributed by atoms with Gasteiger partial charge in [0.2, 0.25) is 0 Å². The molecule has 0 fully saturated rings. The number of carbonyl (C=O) groups is 1. The maximum atomic E-state index is 11.9. The lowest BCUT2D eigenvalue weighted by Gasteiger charge is -2.18. The number of ketones is 1. The van der Waals surface area contributed by atoms with E-state index in [1.807, 2.05) is 11.9 Å². The molecule has 1 aromatic heterocycles. The van der Waals surface area contributed by atoms with E-state index < -0.39 is 9.84 Å². The van der Waals surface area contributed by atoms with Crippen LogP contribution in [0.3, 0.4) is 0 Å². The van der Waals surface area contributed by atoms with Crippen molar-refractivity contribution >= 4 is 37.6 Å². The molecule has 1 heterocycles. The smallest absolute Gasteiger partial charge is 0.180 e. The number of carbonyl (C=O) groups excluding carboxylic acids is 1. The van der Waals surface area contributed by atoms with Gasteiger partial charge in [-0.05, 0) is 6.42 Å². The fraction of sp³-hybridized carbons (Fsp3) is 0.583. The molecule has 0 amide bonds. The minimum absolute atomic E-state index is 0.0818. The number of anilines is 2. The highest BCUT2D eigenvalue weighted by molar-refractivity contribution is 7.91. The number of nitrogens with two attached hydrogens (primary N) is 1. The quantitative estimate of drug-likeness (QED) is 0.815. The van der Waals surface area contributed by atoms with Gasteiger partial charge in [0.25, 0.3) is 0 Å². The molecule has 0 radical (unpaired) electrons. The molecule has 1 rings (SSSR count). The third-order valence-corrected chi connectivity index (χ3v) is 5.47. The summed E-state index contributed by atoms with van der Waals surface area (Å²) in [5, 5.41) is 0.554. The maximum absolute atomic E-state index is 11.9. The molecule has 0 aromatic carbocycles. The molecular formula is C12H20N2O3S2. The lowest BCUT2D eigenvalue weighted by Crippen LogP contribution is -2.19. The lowest BCUT2D eigenvalue weighted by molar-refractivity contribution is 0.102. The number of hydrogen-bond acceptors (Lipinski definition) is 6. The molecule has 7 heteroatoms. The van der Waals surface area contributed by atoms with Crippen molar-refractivity contribution in [1.29, 1.82) is 0 Å². The number of unbranched alkanes of at least 4 members (excludes halogenated alkanes) is 1. The summed E-state index contributed by atoms with van der Waals surface area (Å²) >= 11 is 1.15. The number of hydrogen-bond donors (Lipinski definition) is 1. The van der Waals surface area contributed by atoms with E-state index in [-0.39, 0.29) is 16.4 Å².